The first-order valence-electron chi connectivity index (χ1n) is 4.47. The average molecular weight is 201 g/mol. The second-order valence-electron chi connectivity index (χ2n) is 2.57. The van der Waals surface area contributed by atoms with Crippen molar-refractivity contribution < 1.29 is 4.52 Å². The van der Waals surface area contributed by atoms with Crippen molar-refractivity contribution in [2.24, 2.45) is 0 Å². The minimum absolute atomic E-state index is 0.702. The van der Waals surface area contributed by atoms with Crippen molar-refractivity contribution >= 4 is 11.8 Å². The first kappa shape index (κ1) is 10.5. The Labute approximate surface area is 82.5 Å². The maximum atomic E-state index is 4.60. The molecule has 1 rings (SSSR count). The van der Waals surface area contributed by atoms with Crippen LogP contribution in [0.5, 0.6) is 0 Å². The molecule has 0 spiro atoms. The number of rotatable bonds is 7. The van der Waals surface area contributed by atoms with Crippen molar-refractivity contribution in [3.05, 3.63) is 12.2 Å². The molecule has 74 valence electrons. The summed E-state index contributed by atoms with van der Waals surface area (Å²) in [5.41, 5.74) is 0. The zero-order valence-electron chi connectivity index (χ0n) is 7.82. The van der Waals surface area contributed by atoms with Gasteiger partial charge in [0.25, 0.3) is 0 Å². The van der Waals surface area contributed by atoms with Crippen LogP contribution >= 0.6 is 11.8 Å². The van der Waals surface area contributed by atoms with Crippen molar-refractivity contribution in [3.8, 4) is 0 Å². The van der Waals surface area contributed by atoms with Crippen LogP contribution in [-0.4, -0.2) is 28.2 Å². The normalized spacial score (nSPS) is 10.5. The molecule has 0 fully saturated rings. The van der Waals surface area contributed by atoms with Crippen molar-refractivity contribution in [2.75, 3.05) is 18.1 Å². The molecule has 4 nitrogen and oxygen atoms in total. The molecule has 0 atom stereocenters. The van der Waals surface area contributed by atoms with Crippen LogP contribution in [0.15, 0.2) is 10.9 Å². The second-order valence-corrected chi connectivity index (χ2v) is 3.97. The summed E-state index contributed by atoms with van der Waals surface area (Å²) in [5.74, 6) is 3.14. The Morgan fingerprint density at radius 3 is 3.23 bits per heavy atom. The number of nitrogens with one attached hydrogen (secondary N) is 1. The van der Waals surface area contributed by atoms with Gasteiger partial charge in [0, 0.05) is 0 Å². The fourth-order valence-corrected chi connectivity index (χ4v) is 1.55. The van der Waals surface area contributed by atoms with Gasteiger partial charge in [-0.3, -0.25) is 0 Å². The molecule has 0 aliphatic carbocycles. The molecule has 0 amide bonds. The predicted octanol–water partition coefficient (Wildman–Crippen LogP) is 1.30. The molecular weight excluding hydrogens is 186 g/mol. The van der Waals surface area contributed by atoms with Crippen LogP contribution in [0.4, 0.5) is 0 Å². The van der Waals surface area contributed by atoms with E-state index in [0.29, 0.717) is 6.54 Å². The molecule has 13 heavy (non-hydrogen) atoms. The Morgan fingerprint density at radius 1 is 1.62 bits per heavy atom. The zero-order chi connectivity index (χ0) is 9.36. The first-order chi connectivity index (χ1) is 6.43. The van der Waals surface area contributed by atoms with Gasteiger partial charge in [-0.25, -0.2) is 0 Å². The summed E-state index contributed by atoms with van der Waals surface area (Å²) < 4.78 is 4.60. The molecule has 5 heteroatoms. The third kappa shape index (κ3) is 4.90. The SMILES string of the molecule is CCSCCCNCc1ncon1. The zero-order valence-corrected chi connectivity index (χ0v) is 8.64. The molecule has 1 aromatic rings. The highest BCUT2D eigenvalue weighted by Crippen LogP contribution is 1.99. The van der Waals surface area contributed by atoms with Crippen molar-refractivity contribution in [1.29, 1.82) is 0 Å². The van der Waals surface area contributed by atoms with Gasteiger partial charge in [0.2, 0.25) is 6.39 Å². The molecule has 1 heterocycles. The molecule has 1 aromatic heterocycles. The summed E-state index contributed by atoms with van der Waals surface area (Å²) in [7, 11) is 0. The maximum Gasteiger partial charge on any atom is 0.213 e. The van der Waals surface area contributed by atoms with Gasteiger partial charge in [-0.15, -0.1) is 0 Å². The molecule has 0 saturated heterocycles. The Kier molecular flexibility index (Phi) is 5.60. The van der Waals surface area contributed by atoms with Crippen LogP contribution in [0, 0.1) is 0 Å². The maximum absolute atomic E-state index is 4.60. The second kappa shape index (κ2) is 6.91. The number of nitrogens with zero attached hydrogens (tertiary/aromatic N) is 2. The fourth-order valence-electron chi connectivity index (χ4n) is 0.914. The highest BCUT2D eigenvalue weighted by molar-refractivity contribution is 7.99. The number of hydrogen-bond acceptors (Lipinski definition) is 5. The average Bonchev–Trinajstić information content (AvgIpc) is 2.63. The van der Waals surface area contributed by atoms with Gasteiger partial charge in [-0.1, -0.05) is 12.1 Å². The summed E-state index contributed by atoms with van der Waals surface area (Å²) in [6, 6.07) is 0. The van der Waals surface area contributed by atoms with Gasteiger partial charge in [0.1, 0.15) is 0 Å². The Morgan fingerprint density at radius 2 is 2.54 bits per heavy atom. The van der Waals surface area contributed by atoms with Crippen LogP contribution in [0.25, 0.3) is 0 Å². The van der Waals surface area contributed by atoms with E-state index in [-0.39, 0.29) is 0 Å². The lowest BCUT2D eigenvalue weighted by Crippen LogP contribution is -2.16. The highest BCUT2D eigenvalue weighted by atomic mass is 32.2. The molecule has 0 aliphatic heterocycles. The lowest BCUT2D eigenvalue weighted by Gasteiger charge is -2.00. The third-order valence-electron chi connectivity index (χ3n) is 1.54. The number of hydrogen-bond donors (Lipinski definition) is 1. The molecule has 0 saturated carbocycles. The van der Waals surface area contributed by atoms with Gasteiger partial charge in [0.15, 0.2) is 5.82 Å². The van der Waals surface area contributed by atoms with Gasteiger partial charge in [0.05, 0.1) is 6.54 Å². The molecular formula is C8H15N3OS. The lowest BCUT2D eigenvalue weighted by molar-refractivity contribution is 0.407. The molecule has 0 radical (unpaired) electrons. The summed E-state index contributed by atoms with van der Waals surface area (Å²) in [5, 5.41) is 6.94. The van der Waals surface area contributed by atoms with Gasteiger partial charge in [-0.05, 0) is 24.5 Å². The van der Waals surface area contributed by atoms with E-state index in [1.165, 1.54) is 24.3 Å². The van der Waals surface area contributed by atoms with E-state index in [2.05, 4.69) is 26.9 Å². The Hall–Kier alpha value is -0.550. The van der Waals surface area contributed by atoms with Crippen LogP contribution < -0.4 is 5.32 Å². The summed E-state index contributed by atoms with van der Waals surface area (Å²) >= 11 is 1.97. The fraction of sp³-hybridized carbons (Fsp3) is 0.750. The molecule has 1 N–H and O–H groups in total. The monoisotopic (exact) mass is 201 g/mol. The van der Waals surface area contributed by atoms with Gasteiger partial charge < -0.3 is 9.84 Å². The smallest absolute Gasteiger partial charge is 0.213 e. The summed E-state index contributed by atoms with van der Waals surface area (Å²) in [6.07, 6.45) is 2.54. The van der Waals surface area contributed by atoms with Crippen molar-refractivity contribution in [1.82, 2.24) is 15.5 Å². The lowest BCUT2D eigenvalue weighted by atomic mass is 10.4. The first-order valence-corrected chi connectivity index (χ1v) is 5.62. The van der Waals surface area contributed by atoms with E-state index in [4.69, 9.17) is 0 Å². The predicted molar refractivity (Wildman–Crippen MR) is 53.6 cm³/mol. The molecule has 0 aliphatic rings. The minimum atomic E-state index is 0.702. The van der Waals surface area contributed by atoms with E-state index >= 15 is 0 Å². The minimum Gasteiger partial charge on any atom is -0.343 e. The quantitative estimate of drug-likeness (QED) is 0.674. The van der Waals surface area contributed by atoms with Crippen LogP contribution in [0.2, 0.25) is 0 Å². The van der Waals surface area contributed by atoms with Crippen LogP contribution in [0.3, 0.4) is 0 Å². The van der Waals surface area contributed by atoms with Gasteiger partial charge >= 0.3 is 0 Å². The molecule has 0 bridgehead atoms. The van der Waals surface area contributed by atoms with E-state index in [0.717, 1.165) is 12.4 Å². The van der Waals surface area contributed by atoms with Gasteiger partial charge in [-0.2, -0.15) is 16.7 Å². The number of aromatic nitrogens is 2. The summed E-state index contributed by atoms with van der Waals surface area (Å²) in [4.78, 5) is 3.90. The Balaban J connectivity index is 1.90. The summed E-state index contributed by atoms with van der Waals surface area (Å²) in [6.45, 7) is 3.90. The largest absolute Gasteiger partial charge is 0.343 e. The highest BCUT2D eigenvalue weighted by Gasteiger charge is 1.95. The van der Waals surface area contributed by atoms with E-state index < -0.39 is 0 Å². The van der Waals surface area contributed by atoms with Crippen LogP contribution in [0.1, 0.15) is 19.2 Å². The number of thioether (sulfide) groups is 1. The standard InChI is InChI=1S/C8H15N3OS/c1-2-13-5-3-4-9-6-8-10-7-12-11-8/h7,9H,2-6H2,1H3. The third-order valence-corrected chi connectivity index (χ3v) is 2.52. The molecule has 0 unspecified atom stereocenters. The molecule has 0 aromatic carbocycles. The topological polar surface area (TPSA) is 51.0 Å². The van der Waals surface area contributed by atoms with Crippen molar-refractivity contribution in [2.45, 2.75) is 19.9 Å². The van der Waals surface area contributed by atoms with Crippen molar-refractivity contribution in [3.63, 3.8) is 0 Å². The van der Waals surface area contributed by atoms with Crippen LogP contribution in [-0.2, 0) is 6.54 Å². The Bertz CT molecular complexity index is 203. The van der Waals surface area contributed by atoms with E-state index in [9.17, 15) is 0 Å². The van der Waals surface area contributed by atoms with E-state index in [1.54, 1.807) is 0 Å². The van der Waals surface area contributed by atoms with E-state index in [1.807, 2.05) is 11.8 Å².